The van der Waals surface area contributed by atoms with Crippen molar-refractivity contribution in [2.24, 2.45) is 7.05 Å². The van der Waals surface area contributed by atoms with E-state index in [1.807, 2.05) is 43.6 Å². The topological polar surface area (TPSA) is 82.5 Å². The van der Waals surface area contributed by atoms with Gasteiger partial charge in [-0.15, -0.1) is 0 Å². The van der Waals surface area contributed by atoms with Crippen molar-refractivity contribution in [2.45, 2.75) is 19.6 Å². The summed E-state index contributed by atoms with van der Waals surface area (Å²) < 4.78 is 11.8. The minimum Gasteiger partial charge on any atom is -0.419 e. The summed E-state index contributed by atoms with van der Waals surface area (Å²) >= 11 is 0. The zero-order valence-corrected chi connectivity index (χ0v) is 13.6. The lowest BCUT2D eigenvalue weighted by molar-refractivity contribution is -0.222. The smallest absolute Gasteiger partial charge is 0.350 e. The normalized spacial score (nSPS) is 16.4. The summed E-state index contributed by atoms with van der Waals surface area (Å²) in [6.45, 7) is 3.01. The lowest BCUT2D eigenvalue weighted by Gasteiger charge is -2.29. The highest BCUT2D eigenvalue weighted by Crippen LogP contribution is 2.27. The van der Waals surface area contributed by atoms with Gasteiger partial charge >= 0.3 is 11.9 Å². The monoisotopic (exact) mass is 327 g/mol. The molecular formula is C17H17N3O4. The summed E-state index contributed by atoms with van der Waals surface area (Å²) in [7, 11) is 1.83. The number of hydrogen-bond acceptors (Lipinski definition) is 6. The molecular weight excluding hydrogens is 310 g/mol. The molecule has 24 heavy (non-hydrogen) atoms. The summed E-state index contributed by atoms with van der Waals surface area (Å²) in [5, 5.41) is 7.32. The zero-order valence-electron chi connectivity index (χ0n) is 13.6. The molecule has 0 saturated carbocycles. The number of hydrogen-bond donors (Lipinski definition) is 1. The predicted molar refractivity (Wildman–Crippen MR) is 86.6 cm³/mol. The third-order valence-corrected chi connectivity index (χ3v) is 3.41. The lowest BCUT2D eigenvalue weighted by atomic mass is 10.1. The van der Waals surface area contributed by atoms with Crippen molar-refractivity contribution in [3.63, 3.8) is 0 Å². The van der Waals surface area contributed by atoms with Gasteiger partial charge in [-0.2, -0.15) is 5.10 Å². The number of rotatable bonds is 3. The van der Waals surface area contributed by atoms with Gasteiger partial charge in [-0.05, 0) is 12.1 Å². The lowest BCUT2D eigenvalue weighted by Crippen LogP contribution is -2.42. The highest BCUT2D eigenvalue weighted by atomic mass is 16.7. The Morgan fingerprint density at radius 2 is 1.79 bits per heavy atom. The van der Waals surface area contributed by atoms with Crippen LogP contribution in [0.4, 0.5) is 5.69 Å². The Balaban J connectivity index is 1.87. The Hall–Kier alpha value is -3.09. The molecule has 7 heteroatoms. The van der Waals surface area contributed by atoms with Gasteiger partial charge in [0.15, 0.2) is 5.57 Å². The van der Waals surface area contributed by atoms with Gasteiger partial charge in [0.2, 0.25) is 0 Å². The van der Waals surface area contributed by atoms with Crippen LogP contribution in [0.1, 0.15) is 13.8 Å². The van der Waals surface area contributed by atoms with Crippen LogP contribution in [0, 0.1) is 0 Å². The number of esters is 2. The second-order valence-electron chi connectivity index (χ2n) is 5.80. The number of carbonyl (C=O) groups is 2. The van der Waals surface area contributed by atoms with Crippen molar-refractivity contribution < 1.29 is 19.1 Å². The van der Waals surface area contributed by atoms with Gasteiger partial charge < -0.3 is 14.8 Å². The van der Waals surface area contributed by atoms with Gasteiger partial charge in [-0.25, -0.2) is 9.59 Å². The SMILES string of the molecule is Cn1ccc(-c2ccccc2NC=C2C(=O)OC(C)(C)OC2=O)n1. The van der Waals surface area contributed by atoms with Crippen LogP contribution in [0.2, 0.25) is 0 Å². The predicted octanol–water partition coefficient (Wildman–Crippen LogP) is 2.22. The molecule has 1 N–H and O–H groups in total. The molecule has 0 unspecified atom stereocenters. The fourth-order valence-corrected chi connectivity index (χ4v) is 2.32. The molecule has 1 fully saturated rings. The van der Waals surface area contributed by atoms with E-state index in [-0.39, 0.29) is 5.57 Å². The Morgan fingerprint density at radius 3 is 2.42 bits per heavy atom. The molecule has 3 rings (SSSR count). The van der Waals surface area contributed by atoms with Crippen molar-refractivity contribution in [1.29, 1.82) is 0 Å². The summed E-state index contributed by atoms with van der Waals surface area (Å²) in [4.78, 5) is 23.9. The molecule has 7 nitrogen and oxygen atoms in total. The Labute approximate surface area is 138 Å². The first-order valence-corrected chi connectivity index (χ1v) is 7.38. The molecule has 0 aliphatic carbocycles. The minimum atomic E-state index is -1.25. The third kappa shape index (κ3) is 3.15. The summed E-state index contributed by atoms with van der Waals surface area (Å²) in [5.74, 6) is -2.70. The molecule has 1 saturated heterocycles. The number of anilines is 1. The summed E-state index contributed by atoms with van der Waals surface area (Å²) in [6.07, 6.45) is 3.13. The van der Waals surface area contributed by atoms with Gasteiger partial charge in [-0.1, -0.05) is 18.2 Å². The first-order valence-electron chi connectivity index (χ1n) is 7.38. The van der Waals surface area contributed by atoms with Crippen molar-refractivity contribution in [2.75, 3.05) is 5.32 Å². The average molecular weight is 327 g/mol. The molecule has 2 heterocycles. The maximum absolute atomic E-state index is 12.0. The van der Waals surface area contributed by atoms with E-state index >= 15 is 0 Å². The molecule has 0 atom stereocenters. The molecule has 1 aliphatic rings. The Morgan fingerprint density at radius 1 is 1.12 bits per heavy atom. The molecule has 1 aliphatic heterocycles. The second-order valence-corrected chi connectivity index (χ2v) is 5.80. The first-order chi connectivity index (χ1) is 11.4. The number of cyclic esters (lactones) is 2. The Kier molecular flexibility index (Phi) is 3.84. The molecule has 1 aromatic heterocycles. The van der Waals surface area contributed by atoms with Crippen molar-refractivity contribution in [3.8, 4) is 11.3 Å². The zero-order chi connectivity index (χ0) is 17.3. The van der Waals surface area contributed by atoms with E-state index in [0.717, 1.165) is 11.3 Å². The van der Waals surface area contributed by atoms with Gasteiger partial charge in [0.05, 0.1) is 5.69 Å². The van der Waals surface area contributed by atoms with Crippen LogP contribution in [0.3, 0.4) is 0 Å². The quantitative estimate of drug-likeness (QED) is 0.529. The number of ether oxygens (including phenoxy) is 2. The van der Waals surface area contributed by atoms with E-state index in [2.05, 4.69) is 10.4 Å². The van der Waals surface area contributed by atoms with E-state index in [1.165, 1.54) is 20.0 Å². The van der Waals surface area contributed by atoms with E-state index in [1.54, 1.807) is 4.68 Å². The van der Waals surface area contributed by atoms with Gasteiger partial charge in [0, 0.05) is 44.5 Å². The van der Waals surface area contributed by atoms with Gasteiger partial charge in [0.1, 0.15) is 0 Å². The number of nitrogens with one attached hydrogen (secondary N) is 1. The van der Waals surface area contributed by atoms with Crippen LogP contribution in [0.15, 0.2) is 48.3 Å². The summed E-state index contributed by atoms with van der Waals surface area (Å²) in [6, 6.07) is 9.31. The molecule has 0 radical (unpaired) electrons. The molecule has 1 aromatic carbocycles. The van der Waals surface area contributed by atoms with Crippen LogP contribution >= 0.6 is 0 Å². The van der Waals surface area contributed by atoms with E-state index < -0.39 is 17.7 Å². The van der Waals surface area contributed by atoms with E-state index in [4.69, 9.17) is 9.47 Å². The molecule has 0 amide bonds. The van der Waals surface area contributed by atoms with Crippen LogP contribution in [0.5, 0.6) is 0 Å². The van der Waals surface area contributed by atoms with Crippen molar-refractivity contribution in [3.05, 3.63) is 48.3 Å². The van der Waals surface area contributed by atoms with Crippen LogP contribution in [0.25, 0.3) is 11.3 Å². The fourth-order valence-electron chi connectivity index (χ4n) is 2.32. The van der Waals surface area contributed by atoms with E-state index in [0.29, 0.717) is 5.69 Å². The maximum atomic E-state index is 12.0. The average Bonchev–Trinajstić information content (AvgIpc) is 2.92. The number of carbonyl (C=O) groups excluding carboxylic acids is 2. The van der Waals surface area contributed by atoms with Gasteiger partial charge in [0.25, 0.3) is 5.79 Å². The number of aromatic nitrogens is 2. The van der Waals surface area contributed by atoms with Crippen LogP contribution in [-0.2, 0) is 26.1 Å². The van der Waals surface area contributed by atoms with Gasteiger partial charge in [-0.3, -0.25) is 4.68 Å². The van der Waals surface area contributed by atoms with Crippen molar-refractivity contribution in [1.82, 2.24) is 9.78 Å². The van der Waals surface area contributed by atoms with E-state index in [9.17, 15) is 9.59 Å². The second kappa shape index (κ2) is 5.84. The first kappa shape index (κ1) is 15.8. The largest absolute Gasteiger partial charge is 0.419 e. The number of nitrogens with zero attached hydrogens (tertiary/aromatic N) is 2. The molecule has 2 aromatic rings. The van der Waals surface area contributed by atoms with Crippen LogP contribution < -0.4 is 5.32 Å². The minimum absolute atomic E-state index is 0.190. The number of para-hydroxylation sites is 1. The van der Waals surface area contributed by atoms with Crippen molar-refractivity contribution >= 4 is 17.6 Å². The standard InChI is InChI=1S/C17H17N3O4/c1-17(2)23-15(21)12(16(22)24-17)10-18-13-7-5-4-6-11(13)14-8-9-20(3)19-14/h4-10,18H,1-3H3. The molecule has 124 valence electrons. The maximum Gasteiger partial charge on any atom is 0.350 e. The highest BCUT2D eigenvalue weighted by Gasteiger charge is 2.38. The molecule has 0 bridgehead atoms. The summed E-state index contributed by atoms with van der Waals surface area (Å²) in [5.41, 5.74) is 2.13. The fraction of sp³-hybridized carbons (Fsp3) is 0.235. The highest BCUT2D eigenvalue weighted by molar-refractivity contribution is 6.15. The number of benzene rings is 1. The van der Waals surface area contributed by atoms with Crippen LogP contribution in [-0.4, -0.2) is 27.5 Å². The third-order valence-electron chi connectivity index (χ3n) is 3.41. The Bertz CT molecular complexity index is 814. The molecule has 0 spiro atoms. The number of aryl methyl sites for hydroxylation is 1.